The molecule has 1 aliphatic rings. The molecule has 6 nitrogen and oxygen atoms in total. The molecule has 0 aliphatic carbocycles. The summed E-state index contributed by atoms with van der Waals surface area (Å²) in [6, 6.07) is 14.0. The van der Waals surface area contributed by atoms with Crippen molar-refractivity contribution in [1.82, 2.24) is 4.90 Å². The van der Waals surface area contributed by atoms with Gasteiger partial charge in [-0.1, -0.05) is 11.6 Å². The Hall–Kier alpha value is -2.57. The number of nitrogens with zero attached hydrogens (tertiary/aromatic N) is 1. The minimum Gasteiger partial charge on any atom is -0.378 e. The second kappa shape index (κ2) is 8.69. The van der Waals surface area contributed by atoms with Crippen molar-refractivity contribution in [2.75, 3.05) is 43.5 Å². The summed E-state index contributed by atoms with van der Waals surface area (Å²) >= 11 is 5.83. The van der Waals surface area contributed by atoms with Crippen LogP contribution in [0.5, 0.6) is 0 Å². The Morgan fingerprint density at radius 2 is 1.58 bits per heavy atom. The molecule has 1 aliphatic heterocycles. The lowest BCUT2D eigenvalue weighted by atomic mass is 10.1. The maximum atomic E-state index is 12.4. The van der Waals surface area contributed by atoms with Crippen LogP contribution in [0.25, 0.3) is 0 Å². The molecule has 0 radical (unpaired) electrons. The van der Waals surface area contributed by atoms with E-state index in [1.807, 2.05) is 12.1 Å². The van der Waals surface area contributed by atoms with Crippen LogP contribution in [-0.4, -0.2) is 49.6 Å². The number of carbonyl (C=O) groups is 2. The normalized spacial score (nSPS) is 14.0. The average molecular weight is 374 g/mol. The van der Waals surface area contributed by atoms with E-state index >= 15 is 0 Å². The van der Waals surface area contributed by atoms with Crippen LogP contribution in [0.1, 0.15) is 10.4 Å². The molecule has 2 amide bonds. The lowest BCUT2D eigenvalue weighted by Crippen LogP contribution is -2.40. The van der Waals surface area contributed by atoms with Crippen molar-refractivity contribution in [2.45, 2.75) is 0 Å². The van der Waals surface area contributed by atoms with Crippen molar-refractivity contribution >= 4 is 34.8 Å². The van der Waals surface area contributed by atoms with Gasteiger partial charge in [-0.25, -0.2) is 0 Å². The number of hydrogen-bond donors (Lipinski definition) is 2. The van der Waals surface area contributed by atoms with Crippen molar-refractivity contribution in [3.8, 4) is 0 Å². The Bertz CT molecular complexity index is 757. The minimum atomic E-state index is -0.174. The zero-order valence-electron chi connectivity index (χ0n) is 14.2. The van der Waals surface area contributed by atoms with Gasteiger partial charge in [0.05, 0.1) is 19.8 Å². The molecule has 1 fully saturated rings. The fourth-order valence-corrected chi connectivity index (χ4v) is 2.73. The number of halogens is 1. The minimum absolute atomic E-state index is 0.0180. The number of morpholine rings is 1. The molecular weight excluding hydrogens is 354 g/mol. The van der Waals surface area contributed by atoms with Gasteiger partial charge in [0.15, 0.2) is 0 Å². The summed E-state index contributed by atoms with van der Waals surface area (Å²) < 4.78 is 5.26. The molecule has 0 saturated carbocycles. The van der Waals surface area contributed by atoms with Crippen LogP contribution < -0.4 is 10.6 Å². The largest absolute Gasteiger partial charge is 0.378 e. The fraction of sp³-hybridized carbons (Fsp3) is 0.263. The molecular formula is C19H20ClN3O3. The predicted octanol–water partition coefficient (Wildman–Crippen LogP) is 2.86. The molecule has 1 heterocycles. The van der Waals surface area contributed by atoms with Gasteiger partial charge in [-0.2, -0.15) is 0 Å². The molecule has 0 unspecified atom stereocenters. The van der Waals surface area contributed by atoms with Gasteiger partial charge in [-0.05, 0) is 48.5 Å². The molecule has 7 heteroatoms. The smallest absolute Gasteiger partial charge is 0.254 e. The fourth-order valence-electron chi connectivity index (χ4n) is 2.60. The number of nitrogens with one attached hydrogen (secondary N) is 2. The van der Waals surface area contributed by atoms with Crippen LogP contribution in [0, 0.1) is 0 Å². The van der Waals surface area contributed by atoms with E-state index in [-0.39, 0.29) is 18.4 Å². The predicted molar refractivity (Wildman–Crippen MR) is 102 cm³/mol. The first-order valence-corrected chi connectivity index (χ1v) is 8.76. The Kier molecular flexibility index (Phi) is 6.09. The highest BCUT2D eigenvalue weighted by atomic mass is 35.5. The second-order valence-corrected chi connectivity index (χ2v) is 6.33. The van der Waals surface area contributed by atoms with E-state index in [4.69, 9.17) is 16.3 Å². The number of hydrogen-bond acceptors (Lipinski definition) is 4. The quantitative estimate of drug-likeness (QED) is 0.845. The summed E-state index contributed by atoms with van der Waals surface area (Å²) in [5, 5.41) is 6.46. The SMILES string of the molecule is O=C(CNc1ccc(Cl)cc1)Nc1ccc(C(=O)N2CCOCC2)cc1. The zero-order valence-corrected chi connectivity index (χ0v) is 15.0. The molecule has 0 spiro atoms. The van der Waals surface area contributed by atoms with Crippen molar-refractivity contribution in [3.63, 3.8) is 0 Å². The highest BCUT2D eigenvalue weighted by molar-refractivity contribution is 6.30. The van der Waals surface area contributed by atoms with E-state index in [2.05, 4.69) is 10.6 Å². The topological polar surface area (TPSA) is 70.7 Å². The van der Waals surface area contributed by atoms with Crippen LogP contribution in [0.15, 0.2) is 48.5 Å². The standard InChI is InChI=1S/C19H20ClN3O3/c20-15-3-7-16(8-4-15)21-13-18(24)22-17-5-1-14(2-6-17)19(25)23-9-11-26-12-10-23/h1-8,21H,9-13H2,(H,22,24). The molecule has 0 bridgehead atoms. The molecule has 0 aromatic heterocycles. The lowest BCUT2D eigenvalue weighted by molar-refractivity contribution is -0.114. The lowest BCUT2D eigenvalue weighted by Gasteiger charge is -2.26. The van der Waals surface area contributed by atoms with Crippen molar-refractivity contribution < 1.29 is 14.3 Å². The third-order valence-electron chi connectivity index (χ3n) is 4.01. The summed E-state index contributed by atoms with van der Waals surface area (Å²) in [4.78, 5) is 26.2. The molecule has 2 aromatic rings. The van der Waals surface area contributed by atoms with E-state index in [0.717, 1.165) is 5.69 Å². The first-order chi connectivity index (χ1) is 12.6. The third-order valence-corrected chi connectivity index (χ3v) is 4.26. The molecule has 1 saturated heterocycles. The number of anilines is 2. The maximum absolute atomic E-state index is 12.4. The molecule has 2 N–H and O–H groups in total. The van der Waals surface area contributed by atoms with E-state index < -0.39 is 0 Å². The van der Waals surface area contributed by atoms with Gasteiger partial charge in [0.2, 0.25) is 5.91 Å². The summed E-state index contributed by atoms with van der Waals surface area (Å²) in [6.45, 7) is 2.48. The molecule has 136 valence electrons. The third kappa shape index (κ3) is 4.97. The van der Waals surface area contributed by atoms with Gasteiger partial charge >= 0.3 is 0 Å². The summed E-state index contributed by atoms with van der Waals surface area (Å²) in [6.07, 6.45) is 0. The van der Waals surface area contributed by atoms with Crippen molar-refractivity contribution in [2.24, 2.45) is 0 Å². The zero-order chi connectivity index (χ0) is 18.4. The van der Waals surface area contributed by atoms with Gasteiger partial charge in [0.25, 0.3) is 5.91 Å². The van der Waals surface area contributed by atoms with E-state index in [9.17, 15) is 9.59 Å². The summed E-state index contributed by atoms with van der Waals surface area (Å²) in [7, 11) is 0. The van der Waals surface area contributed by atoms with E-state index in [0.29, 0.717) is 42.6 Å². The van der Waals surface area contributed by atoms with Crippen LogP contribution >= 0.6 is 11.6 Å². The number of carbonyl (C=O) groups excluding carboxylic acids is 2. The van der Waals surface area contributed by atoms with Gasteiger partial charge in [-0.15, -0.1) is 0 Å². The summed E-state index contributed by atoms with van der Waals surface area (Å²) in [5.41, 5.74) is 2.06. The van der Waals surface area contributed by atoms with E-state index in [1.165, 1.54) is 0 Å². The number of benzene rings is 2. The van der Waals surface area contributed by atoms with Gasteiger partial charge in [0.1, 0.15) is 0 Å². The van der Waals surface area contributed by atoms with Crippen LogP contribution in [-0.2, 0) is 9.53 Å². The first-order valence-electron chi connectivity index (χ1n) is 8.38. The molecule has 3 rings (SSSR count). The van der Waals surface area contributed by atoms with E-state index in [1.54, 1.807) is 41.3 Å². The molecule has 2 aromatic carbocycles. The van der Waals surface area contributed by atoms with Gasteiger partial charge in [0, 0.05) is 35.1 Å². The summed E-state index contributed by atoms with van der Waals surface area (Å²) in [5.74, 6) is -0.192. The Balaban J connectivity index is 1.50. The van der Waals surface area contributed by atoms with Crippen molar-refractivity contribution in [3.05, 3.63) is 59.1 Å². The number of rotatable bonds is 5. The average Bonchev–Trinajstić information content (AvgIpc) is 2.68. The van der Waals surface area contributed by atoms with Crippen LogP contribution in [0.3, 0.4) is 0 Å². The second-order valence-electron chi connectivity index (χ2n) is 5.89. The Morgan fingerprint density at radius 3 is 2.23 bits per heavy atom. The van der Waals surface area contributed by atoms with Gasteiger partial charge in [-0.3, -0.25) is 9.59 Å². The van der Waals surface area contributed by atoms with Crippen LogP contribution in [0.2, 0.25) is 5.02 Å². The van der Waals surface area contributed by atoms with Crippen molar-refractivity contribution in [1.29, 1.82) is 0 Å². The highest BCUT2D eigenvalue weighted by Gasteiger charge is 2.18. The number of amides is 2. The van der Waals surface area contributed by atoms with Crippen LogP contribution in [0.4, 0.5) is 11.4 Å². The highest BCUT2D eigenvalue weighted by Crippen LogP contribution is 2.14. The number of ether oxygens (including phenoxy) is 1. The maximum Gasteiger partial charge on any atom is 0.254 e. The Labute approximate surface area is 157 Å². The Morgan fingerprint density at radius 1 is 0.962 bits per heavy atom. The molecule has 0 atom stereocenters. The first kappa shape index (κ1) is 18.2. The van der Waals surface area contributed by atoms with Gasteiger partial charge < -0.3 is 20.3 Å². The monoisotopic (exact) mass is 373 g/mol. The molecule has 26 heavy (non-hydrogen) atoms.